The Morgan fingerprint density at radius 1 is 1.36 bits per heavy atom. The van der Waals surface area contributed by atoms with Gasteiger partial charge in [0.25, 0.3) is 5.91 Å². The molecule has 2 unspecified atom stereocenters. The van der Waals surface area contributed by atoms with Gasteiger partial charge in [0, 0.05) is 15.8 Å². The normalized spacial score (nSPS) is 22.1. The lowest BCUT2D eigenvalue weighted by Crippen LogP contribution is -2.57. The van der Waals surface area contributed by atoms with Gasteiger partial charge in [-0.2, -0.15) is 11.8 Å². The summed E-state index contributed by atoms with van der Waals surface area (Å²) >= 11 is 13.2. The highest BCUT2D eigenvalue weighted by atomic mass is 35.5. The number of hydrogen-bond acceptors (Lipinski definition) is 4. The Balaban J connectivity index is 2.04. The van der Waals surface area contributed by atoms with E-state index in [-0.39, 0.29) is 0 Å². The number of rotatable bonds is 5. The van der Waals surface area contributed by atoms with Crippen molar-refractivity contribution in [1.29, 1.82) is 0 Å². The van der Waals surface area contributed by atoms with E-state index in [2.05, 4.69) is 5.32 Å². The van der Waals surface area contributed by atoms with Crippen LogP contribution >= 0.6 is 35.0 Å². The molecule has 120 valence electrons. The number of carboxylic acid groups (broad SMARTS) is 1. The van der Waals surface area contributed by atoms with Crippen LogP contribution < -0.4 is 10.1 Å². The van der Waals surface area contributed by atoms with E-state index in [4.69, 9.17) is 27.9 Å². The highest BCUT2D eigenvalue weighted by molar-refractivity contribution is 7.99. The lowest BCUT2D eigenvalue weighted by atomic mass is 9.99. The van der Waals surface area contributed by atoms with Gasteiger partial charge in [-0.15, -0.1) is 0 Å². The van der Waals surface area contributed by atoms with Gasteiger partial charge >= 0.3 is 5.97 Å². The van der Waals surface area contributed by atoms with E-state index in [1.165, 1.54) is 23.9 Å². The molecule has 0 aliphatic carbocycles. The molecule has 1 heterocycles. The highest BCUT2D eigenvalue weighted by Gasteiger charge is 2.44. The summed E-state index contributed by atoms with van der Waals surface area (Å²) in [4.78, 5) is 23.6. The van der Waals surface area contributed by atoms with E-state index in [0.29, 0.717) is 33.7 Å². The molecule has 2 atom stereocenters. The Kier molecular flexibility index (Phi) is 5.47. The Bertz CT molecular complexity index is 570. The molecule has 1 saturated heterocycles. The van der Waals surface area contributed by atoms with Gasteiger partial charge in [0.2, 0.25) is 0 Å². The summed E-state index contributed by atoms with van der Waals surface area (Å²) in [5.74, 6) is -0.106. The number of amides is 1. The number of carbonyl (C=O) groups is 2. The zero-order valence-electron chi connectivity index (χ0n) is 11.8. The third kappa shape index (κ3) is 4.00. The van der Waals surface area contributed by atoms with Gasteiger partial charge in [-0.1, -0.05) is 23.2 Å². The molecular weight excluding hydrogens is 349 g/mol. The number of thioether (sulfide) groups is 1. The maximum Gasteiger partial charge on any atom is 0.330 e. The molecule has 0 aromatic heterocycles. The third-order valence-corrected chi connectivity index (χ3v) is 4.94. The van der Waals surface area contributed by atoms with Gasteiger partial charge in [0.1, 0.15) is 11.3 Å². The molecule has 0 spiro atoms. The van der Waals surface area contributed by atoms with Crippen molar-refractivity contribution in [3.8, 4) is 5.75 Å². The number of aliphatic carboxylic acids is 1. The molecule has 1 fully saturated rings. The number of hydrogen-bond donors (Lipinski definition) is 2. The first kappa shape index (κ1) is 17.2. The van der Waals surface area contributed by atoms with E-state index in [1.807, 2.05) is 0 Å². The Labute approximate surface area is 142 Å². The van der Waals surface area contributed by atoms with Crippen molar-refractivity contribution in [3.05, 3.63) is 28.2 Å². The fourth-order valence-corrected chi connectivity index (χ4v) is 3.91. The number of halogens is 2. The van der Waals surface area contributed by atoms with Gasteiger partial charge in [0.05, 0.1) is 0 Å². The van der Waals surface area contributed by atoms with Crippen LogP contribution in [0.5, 0.6) is 5.75 Å². The van der Waals surface area contributed by atoms with E-state index >= 15 is 0 Å². The zero-order chi connectivity index (χ0) is 16.3. The van der Waals surface area contributed by atoms with Crippen LogP contribution in [0.25, 0.3) is 0 Å². The second-order valence-corrected chi connectivity index (χ2v) is 7.02. The Hall–Kier alpha value is -1.11. The van der Waals surface area contributed by atoms with Crippen LogP contribution in [0.15, 0.2) is 18.2 Å². The molecule has 8 heteroatoms. The standard InChI is InChI=1S/C14H15Cl2NO4S/c1-8(21-11-5-9(15)4-10(16)6-11)12(18)17-14(13(19)20)2-3-22-7-14/h4-6,8H,2-3,7H2,1H3,(H,17,18)(H,19,20). The molecule has 0 radical (unpaired) electrons. The lowest BCUT2D eigenvalue weighted by molar-refractivity contribution is -0.147. The maximum absolute atomic E-state index is 12.2. The third-order valence-electron chi connectivity index (χ3n) is 3.31. The highest BCUT2D eigenvalue weighted by Crippen LogP contribution is 2.29. The van der Waals surface area contributed by atoms with Gasteiger partial charge in [-0.25, -0.2) is 4.79 Å². The van der Waals surface area contributed by atoms with E-state index < -0.39 is 23.5 Å². The lowest BCUT2D eigenvalue weighted by Gasteiger charge is -2.26. The summed E-state index contributed by atoms with van der Waals surface area (Å²) < 4.78 is 5.49. The van der Waals surface area contributed by atoms with Crippen LogP contribution in [0.2, 0.25) is 10.0 Å². The molecule has 2 N–H and O–H groups in total. The summed E-state index contributed by atoms with van der Waals surface area (Å²) in [6.45, 7) is 1.54. The van der Waals surface area contributed by atoms with Crippen LogP contribution in [0.3, 0.4) is 0 Å². The SMILES string of the molecule is CC(Oc1cc(Cl)cc(Cl)c1)C(=O)NC1(C(=O)O)CCSC1. The maximum atomic E-state index is 12.2. The van der Waals surface area contributed by atoms with E-state index in [0.717, 1.165) is 0 Å². The number of nitrogens with one attached hydrogen (secondary N) is 1. The van der Waals surface area contributed by atoms with Gasteiger partial charge < -0.3 is 15.2 Å². The molecule has 5 nitrogen and oxygen atoms in total. The zero-order valence-corrected chi connectivity index (χ0v) is 14.1. The van der Waals surface area contributed by atoms with Crippen LogP contribution in [0, 0.1) is 0 Å². The number of benzene rings is 1. The average molecular weight is 364 g/mol. The van der Waals surface area contributed by atoms with Crippen molar-refractivity contribution in [2.75, 3.05) is 11.5 Å². The first-order valence-electron chi connectivity index (χ1n) is 6.58. The molecule has 1 aliphatic heterocycles. The topological polar surface area (TPSA) is 75.6 Å². The van der Waals surface area contributed by atoms with Gasteiger partial charge in [0.15, 0.2) is 6.10 Å². The molecule has 2 rings (SSSR count). The van der Waals surface area contributed by atoms with Crippen LogP contribution in [0.4, 0.5) is 0 Å². The number of carbonyl (C=O) groups excluding carboxylic acids is 1. The monoisotopic (exact) mass is 363 g/mol. The predicted molar refractivity (Wildman–Crippen MR) is 87.0 cm³/mol. The molecular formula is C14H15Cl2NO4S. The van der Waals surface area contributed by atoms with Crippen molar-refractivity contribution in [2.45, 2.75) is 25.0 Å². The van der Waals surface area contributed by atoms with Crippen molar-refractivity contribution >= 4 is 46.8 Å². The Morgan fingerprint density at radius 2 is 2.00 bits per heavy atom. The summed E-state index contributed by atoms with van der Waals surface area (Å²) in [7, 11) is 0. The first-order chi connectivity index (χ1) is 10.3. The minimum atomic E-state index is -1.22. The number of ether oxygens (including phenoxy) is 1. The summed E-state index contributed by atoms with van der Waals surface area (Å²) in [6.07, 6.45) is -0.467. The van der Waals surface area contributed by atoms with Crippen LogP contribution in [-0.4, -0.2) is 40.1 Å². The molecule has 0 bridgehead atoms. The minimum absolute atomic E-state index is 0.351. The first-order valence-corrected chi connectivity index (χ1v) is 8.49. The van der Waals surface area contributed by atoms with E-state index in [1.54, 1.807) is 13.0 Å². The molecule has 1 aliphatic rings. The van der Waals surface area contributed by atoms with Crippen molar-refractivity contribution in [1.82, 2.24) is 5.32 Å². The number of carboxylic acids is 1. The summed E-state index contributed by atoms with van der Waals surface area (Å²) in [5.41, 5.74) is -1.22. The summed E-state index contributed by atoms with van der Waals surface area (Å²) in [6, 6.07) is 4.63. The fourth-order valence-electron chi connectivity index (χ4n) is 2.08. The largest absolute Gasteiger partial charge is 0.481 e. The molecule has 1 aromatic carbocycles. The molecule has 22 heavy (non-hydrogen) atoms. The van der Waals surface area contributed by atoms with Crippen molar-refractivity contribution < 1.29 is 19.4 Å². The Morgan fingerprint density at radius 3 is 2.50 bits per heavy atom. The molecule has 0 saturated carbocycles. The van der Waals surface area contributed by atoms with Gasteiger partial charge in [-0.3, -0.25) is 4.79 Å². The molecule has 1 aromatic rings. The second-order valence-electron chi connectivity index (χ2n) is 5.04. The fraction of sp³-hybridized carbons (Fsp3) is 0.429. The second kappa shape index (κ2) is 6.98. The average Bonchev–Trinajstić information content (AvgIpc) is 2.87. The quantitative estimate of drug-likeness (QED) is 0.840. The van der Waals surface area contributed by atoms with Crippen molar-refractivity contribution in [3.63, 3.8) is 0 Å². The van der Waals surface area contributed by atoms with Crippen molar-refractivity contribution in [2.24, 2.45) is 0 Å². The van der Waals surface area contributed by atoms with Gasteiger partial charge in [-0.05, 0) is 37.3 Å². The summed E-state index contributed by atoms with van der Waals surface area (Å²) in [5, 5.41) is 12.7. The minimum Gasteiger partial charge on any atom is -0.481 e. The van der Waals surface area contributed by atoms with Crippen LogP contribution in [-0.2, 0) is 9.59 Å². The smallest absolute Gasteiger partial charge is 0.330 e. The predicted octanol–water partition coefficient (Wildman–Crippen LogP) is 2.84. The van der Waals surface area contributed by atoms with Crippen LogP contribution in [0.1, 0.15) is 13.3 Å². The molecule has 1 amide bonds. The van der Waals surface area contributed by atoms with E-state index in [9.17, 15) is 14.7 Å².